The molecule has 1 N–H and O–H groups in total. The van der Waals surface area contributed by atoms with E-state index < -0.39 is 11.7 Å². The Kier molecular flexibility index (Phi) is 5.68. The van der Waals surface area contributed by atoms with Gasteiger partial charge in [-0.25, -0.2) is 9.97 Å². The third-order valence-electron chi connectivity index (χ3n) is 3.23. The molecule has 2 rings (SSSR count). The predicted octanol–water partition coefficient (Wildman–Crippen LogP) is 3.29. The number of rotatable bonds is 6. The highest BCUT2D eigenvalue weighted by Crippen LogP contribution is 2.30. The molecular formula is C16H18F3N3O. The monoisotopic (exact) mass is 325 g/mol. The van der Waals surface area contributed by atoms with Gasteiger partial charge in [0.1, 0.15) is 0 Å². The van der Waals surface area contributed by atoms with Gasteiger partial charge in [0.25, 0.3) is 0 Å². The molecule has 0 saturated carbocycles. The van der Waals surface area contributed by atoms with Crippen molar-refractivity contribution >= 4 is 0 Å². The van der Waals surface area contributed by atoms with E-state index in [2.05, 4.69) is 15.3 Å². The van der Waals surface area contributed by atoms with E-state index in [-0.39, 0.29) is 6.04 Å². The molecule has 0 spiro atoms. The maximum atomic E-state index is 12.6. The average molecular weight is 325 g/mol. The van der Waals surface area contributed by atoms with Gasteiger partial charge in [0.05, 0.1) is 17.9 Å². The number of alkyl halides is 3. The van der Waals surface area contributed by atoms with Crippen LogP contribution in [0, 0.1) is 0 Å². The lowest BCUT2D eigenvalue weighted by molar-refractivity contribution is -0.137. The Morgan fingerprint density at radius 3 is 2.48 bits per heavy atom. The topological polar surface area (TPSA) is 47.0 Å². The van der Waals surface area contributed by atoms with Crippen molar-refractivity contribution in [3.63, 3.8) is 0 Å². The SMILES string of the molecule is COCC(C)NCc1ccnc(-c2ccc(C(F)(F)F)cc2)n1. The van der Waals surface area contributed by atoms with Crippen molar-refractivity contribution in [3.8, 4) is 11.4 Å². The third-order valence-corrected chi connectivity index (χ3v) is 3.23. The molecule has 0 aliphatic heterocycles. The molecule has 1 heterocycles. The maximum absolute atomic E-state index is 12.6. The third kappa shape index (κ3) is 5.01. The Balaban J connectivity index is 2.10. The summed E-state index contributed by atoms with van der Waals surface area (Å²) >= 11 is 0. The fourth-order valence-electron chi connectivity index (χ4n) is 2.03. The van der Waals surface area contributed by atoms with Gasteiger partial charge in [0, 0.05) is 31.5 Å². The van der Waals surface area contributed by atoms with E-state index >= 15 is 0 Å². The minimum Gasteiger partial charge on any atom is -0.383 e. The molecule has 0 aliphatic carbocycles. The molecule has 124 valence electrons. The first-order valence-electron chi connectivity index (χ1n) is 7.12. The highest BCUT2D eigenvalue weighted by atomic mass is 19.4. The number of aromatic nitrogens is 2. The molecule has 0 fully saturated rings. The molecule has 0 aliphatic rings. The van der Waals surface area contributed by atoms with Gasteiger partial charge < -0.3 is 10.1 Å². The fourth-order valence-corrected chi connectivity index (χ4v) is 2.03. The molecule has 1 aromatic heterocycles. The van der Waals surface area contributed by atoms with Crippen LogP contribution in [0.3, 0.4) is 0 Å². The highest BCUT2D eigenvalue weighted by Gasteiger charge is 2.30. The molecule has 1 atom stereocenters. The number of nitrogens with one attached hydrogen (secondary N) is 1. The van der Waals surface area contributed by atoms with Crippen LogP contribution in [-0.2, 0) is 17.5 Å². The molecule has 7 heteroatoms. The van der Waals surface area contributed by atoms with Gasteiger partial charge in [-0.2, -0.15) is 13.2 Å². The predicted molar refractivity (Wildman–Crippen MR) is 80.6 cm³/mol. The molecule has 0 bridgehead atoms. The van der Waals surface area contributed by atoms with Crippen LogP contribution in [0.5, 0.6) is 0 Å². The lowest BCUT2D eigenvalue weighted by atomic mass is 10.1. The van der Waals surface area contributed by atoms with Gasteiger partial charge in [0.15, 0.2) is 5.82 Å². The van der Waals surface area contributed by atoms with Gasteiger partial charge in [0.2, 0.25) is 0 Å². The summed E-state index contributed by atoms with van der Waals surface area (Å²) in [7, 11) is 1.63. The largest absolute Gasteiger partial charge is 0.416 e. The number of hydrogen-bond donors (Lipinski definition) is 1. The van der Waals surface area contributed by atoms with Crippen molar-refractivity contribution in [1.29, 1.82) is 0 Å². The van der Waals surface area contributed by atoms with Crippen molar-refractivity contribution in [2.75, 3.05) is 13.7 Å². The summed E-state index contributed by atoms with van der Waals surface area (Å²) in [6.45, 7) is 3.10. The van der Waals surface area contributed by atoms with Crippen molar-refractivity contribution < 1.29 is 17.9 Å². The minimum absolute atomic E-state index is 0.171. The van der Waals surface area contributed by atoms with Crippen molar-refractivity contribution in [2.24, 2.45) is 0 Å². The van der Waals surface area contributed by atoms with Crippen LogP contribution in [0.4, 0.5) is 13.2 Å². The quantitative estimate of drug-likeness (QED) is 0.885. The van der Waals surface area contributed by atoms with Crippen LogP contribution in [0.25, 0.3) is 11.4 Å². The van der Waals surface area contributed by atoms with Gasteiger partial charge in [-0.05, 0) is 25.1 Å². The number of benzene rings is 1. The first-order chi connectivity index (χ1) is 10.9. The van der Waals surface area contributed by atoms with E-state index in [0.29, 0.717) is 24.5 Å². The molecule has 0 radical (unpaired) electrons. The highest BCUT2D eigenvalue weighted by molar-refractivity contribution is 5.55. The molecular weight excluding hydrogens is 307 g/mol. The van der Waals surface area contributed by atoms with Crippen molar-refractivity contribution in [1.82, 2.24) is 15.3 Å². The van der Waals surface area contributed by atoms with Gasteiger partial charge >= 0.3 is 6.18 Å². The summed E-state index contributed by atoms with van der Waals surface area (Å²) in [6, 6.07) is 6.75. The normalized spacial score (nSPS) is 13.1. The van der Waals surface area contributed by atoms with E-state index in [1.165, 1.54) is 12.1 Å². The molecule has 0 saturated heterocycles. The van der Waals surface area contributed by atoms with E-state index in [0.717, 1.165) is 17.8 Å². The van der Waals surface area contributed by atoms with E-state index in [1.807, 2.05) is 6.92 Å². The first-order valence-corrected chi connectivity index (χ1v) is 7.12. The molecule has 2 aromatic rings. The Hall–Kier alpha value is -1.99. The lowest BCUT2D eigenvalue weighted by Gasteiger charge is -2.12. The average Bonchev–Trinajstić information content (AvgIpc) is 2.53. The summed E-state index contributed by atoms with van der Waals surface area (Å²) in [4.78, 5) is 8.49. The maximum Gasteiger partial charge on any atom is 0.416 e. The van der Waals surface area contributed by atoms with Crippen LogP contribution >= 0.6 is 0 Å². The van der Waals surface area contributed by atoms with Crippen LogP contribution in [0.1, 0.15) is 18.2 Å². The fraction of sp³-hybridized carbons (Fsp3) is 0.375. The Morgan fingerprint density at radius 2 is 1.87 bits per heavy atom. The second-order valence-electron chi connectivity index (χ2n) is 5.18. The Bertz CT molecular complexity index is 629. The van der Waals surface area contributed by atoms with Crippen molar-refractivity contribution in [2.45, 2.75) is 25.7 Å². The second-order valence-corrected chi connectivity index (χ2v) is 5.18. The van der Waals surface area contributed by atoms with E-state index in [4.69, 9.17) is 4.74 Å². The Labute approximate surface area is 132 Å². The number of halogens is 3. The zero-order valence-electron chi connectivity index (χ0n) is 12.9. The number of nitrogens with zero attached hydrogens (tertiary/aromatic N) is 2. The summed E-state index contributed by atoms with van der Waals surface area (Å²) in [5.74, 6) is 0.400. The smallest absolute Gasteiger partial charge is 0.383 e. The zero-order valence-corrected chi connectivity index (χ0v) is 12.9. The molecule has 1 aromatic carbocycles. The summed E-state index contributed by atoms with van der Waals surface area (Å²) in [5.41, 5.74) is 0.620. The zero-order chi connectivity index (χ0) is 16.9. The van der Waals surface area contributed by atoms with Gasteiger partial charge in [-0.1, -0.05) is 12.1 Å². The van der Waals surface area contributed by atoms with E-state index in [1.54, 1.807) is 19.4 Å². The standard InChI is InChI=1S/C16H18F3N3O/c1-11(10-23-2)21-9-14-7-8-20-15(22-14)12-3-5-13(6-4-12)16(17,18)19/h3-8,11,21H,9-10H2,1-2H3. The lowest BCUT2D eigenvalue weighted by Crippen LogP contribution is -2.29. The Morgan fingerprint density at radius 1 is 1.17 bits per heavy atom. The van der Waals surface area contributed by atoms with Crippen LogP contribution in [0.2, 0.25) is 0 Å². The van der Waals surface area contributed by atoms with Crippen LogP contribution < -0.4 is 5.32 Å². The molecule has 0 amide bonds. The van der Waals surface area contributed by atoms with Gasteiger partial charge in [-0.15, -0.1) is 0 Å². The summed E-state index contributed by atoms with van der Waals surface area (Å²) < 4.78 is 42.8. The number of ether oxygens (including phenoxy) is 1. The number of hydrogen-bond acceptors (Lipinski definition) is 4. The number of methoxy groups -OCH3 is 1. The first kappa shape index (κ1) is 17.4. The van der Waals surface area contributed by atoms with E-state index in [9.17, 15) is 13.2 Å². The van der Waals surface area contributed by atoms with Crippen LogP contribution in [-0.4, -0.2) is 29.7 Å². The van der Waals surface area contributed by atoms with Crippen molar-refractivity contribution in [3.05, 3.63) is 47.8 Å². The molecule has 1 unspecified atom stereocenters. The summed E-state index contributed by atoms with van der Waals surface area (Å²) in [5, 5.41) is 3.24. The molecule has 4 nitrogen and oxygen atoms in total. The summed E-state index contributed by atoms with van der Waals surface area (Å²) in [6.07, 6.45) is -2.75. The van der Waals surface area contributed by atoms with Crippen LogP contribution in [0.15, 0.2) is 36.5 Å². The molecule has 23 heavy (non-hydrogen) atoms. The minimum atomic E-state index is -4.34. The second kappa shape index (κ2) is 7.52. The van der Waals surface area contributed by atoms with Gasteiger partial charge in [-0.3, -0.25) is 0 Å².